The van der Waals surface area contributed by atoms with Crippen LogP contribution in [0.2, 0.25) is 5.02 Å². The van der Waals surface area contributed by atoms with E-state index in [4.69, 9.17) is 16.3 Å². The normalized spacial score (nSPS) is 11.2. The van der Waals surface area contributed by atoms with E-state index in [2.05, 4.69) is 10.6 Å². The Kier molecular flexibility index (Phi) is 4.99. The van der Waals surface area contributed by atoms with Crippen molar-refractivity contribution >= 4 is 23.2 Å². The second-order valence-electron chi connectivity index (χ2n) is 4.45. The molecule has 0 saturated carbocycles. The Morgan fingerprint density at radius 2 is 2.11 bits per heavy atom. The number of halogens is 1. The number of carbonyl (C=O) groups excluding carboxylic acids is 1. The van der Waals surface area contributed by atoms with Crippen LogP contribution in [0, 0.1) is 0 Å². The Morgan fingerprint density at radius 1 is 1.44 bits per heavy atom. The highest BCUT2D eigenvalue weighted by molar-refractivity contribution is 6.31. The van der Waals surface area contributed by atoms with E-state index in [-0.39, 0.29) is 5.91 Å². The van der Waals surface area contributed by atoms with Crippen LogP contribution in [0.4, 0.5) is 5.69 Å². The quantitative estimate of drug-likeness (QED) is 0.865. The second kappa shape index (κ2) is 6.07. The molecule has 0 spiro atoms. The maximum Gasteiger partial charge on any atom is 0.244 e. The van der Waals surface area contributed by atoms with Crippen molar-refractivity contribution in [1.29, 1.82) is 0 Å². The first-order chi connectivity index (χ1) is 8.40. The van der Waals surface area contributed by atoms with Gasteiger partial charge in [0.15, 0.2) is 0 Å². The fourth-order valence-electron chi connectivity index (χ4n) is 1.58. The molecule has 1 aromatic rings. The lowest BCUT2D eigenvalue weighted by atomic mass is 10.0. The van der Waals surface area contributed by atoms with Crippen molar-refractivity contribution in [3.63, 3.8) is 0 Å². The molecular weight excluding hydrogens is 252 g/mol. The molecule has 0 heterocycles. The van der Waals surface area contributed by atoms with Crippen molar-refractivity contribution in [2.24, 2.45) is 0 Å². The minimum absolute atomic E-state index is 0.134. The molecule has 1 rings (SSSR count). The summed E-state index contributed by atoms with van der Waals surface area (Å²) in [5.74, 6) is 0.449. The van der Waals surface area contributed by atoms with Gasteiger partial charge in [-0.05, 0) is 38.6 Å². The molecule has 2 N–H and O–H groups in total. The van der Waals surface area contributed by atoms with Gasteiger partial charge in [0, 0.05) is 5.02 Å². The summed E-state index contributed by atoms with van der Waals surface area (Å²) >= 11 is 5.91. The summed E-state index contributed by atoms with van der Waals surface area (Å²) in [5, 5.41) is 6.47. The molecule has 0 aliphatic carbocycles. The minimum atomic E-state index is -0.651. The molecule has 0 saturated heterocycles. The van der Waals surface area contributed by atoms with Gasteiger partial charge < -0.3 is 15.4 Å². The number of anilines is 1. The van der Waals surface area contributed by atoms with Gasteiger partial charge in [0.2, 0.25) is 5.91 Å². The number of carbonyl (C=O) groups is 1. The van der Waals surface area contributed by atoms with Crippen molar-refractivity contribution in [2.45, 2.75) is 26.3 Å². The molecule has 18 heavy (non-hydrogen) atoms. The van der Waals surface area contributed by atoms with E-state index in [0.29, 0.717) is 23.0 Å². The summed E-state index contributed by atoms with van der Waals surface area (Å²) in [4.78, 5) is 12.1. The Morgan fingerprint density at radius 3 is 2.67 bits per heavy atom. The molecular formula is C13H19ClN2O2. The minimum Gasteiger partial charge on any atom is -0.495 e. The Hall–Kier alpha value is -1.26. The van der Waals surface area contributed by atoms with E-state index in [1.807, 2.05) is 20.8 Å². The fourth-order valence-corrected chi connectivity index (χ4v) is 1.75. The molecule has 0 unspecified atom stereocenters. The average Bonchev–Trinajstić information content (AvgIpc) is 2.29. The molecule has 1 amide bonds. The first kappa shape index (κ1) is 14.8. The molecule has 0 fully saturated rings. The number of hydrogen-bond donors (Lipinski definition) is 2. The number of ether oxygens (including phenoxy) is 1. The molecule has 0 aliphatic heterocycles. The summed E-state index contributed by atoms with van der Waals surface area (Å²) in [7, 11) is 1.55. The van der Waals surface area contributed by atoms with Gasteiger partial charge in [-0.15, -0.1) is 0 Å². The van der Waals surface area contributed by atoms with E-state index >= 15 is 0 Å². The monoisotopic (exact) mass is 270 g/mol. The smallest absolute Gasteiger partial charge is 0.244 e. The highest BCUT2D eigenvalue weighted by Crippen LogP contribution is 2.28. The lowest BCUT2D eigenvalue weighted by Gasteiger charge is -2.25. The number of methoxy groups -OCH3 is 1. The number of nitrogens with one attached hydrogen (secondary N) is 2. The van der Waals surface area contributed by atoms with Crippen molar-refractivity contribution in [2.75, 3.05) is 19.0 Å². The maximum atomic E-state index is 12.1. The zero-order valence-corrected chi connectivity index (χ0v) is 11.9. The molecule has 5 heteroatoms. The number of rotatable bonds is 5. The third kappa shape index (κ3) is 3.62. The van der Waals surface area contributed by atoms with Gasteiger partial charge >= 0.3 is 0 Å². The Balaban J connectivity index is 2.90. The van der Waals surface area contributed by atoms with Crippen LogP contribution in [0.3, 0.4) is 0 Å². The van der Waals surface area contributed by atoms with Gasteiger partial charge in [-0.1, -0.05) is 18.5 Å². The summed E-state index contributed by atoms with van der Waals surface area (Å²) in [6, 6.07) is 5.10. The van der Waals surface area contributed by atoms with E-state index in [1.54, 1.807) is 25.3 Å². The predicted octanol–water partition coefficient (Wildman–Crippen LogP) is 2.68. The standard InChI is InChI=1S/C13H19ClN2O2/c1-5-15-13(2,3)12(17)16-10-8-9(14)6-7-11(10)18-4/h6-8,15H,5H2,1-4H3,(H,16,17). The molecule has 0 aromatic heterocycles. The highest BCUT2D eigenvalue weighted by atomic mass is 35.5. The van der Waals surface area contributed by atoms with E-state index in [0.717, 1.165) is 0 Å². The van der Waals surface area contributed by atoms with Crippen LogP contribution in [0.15, 0.2) is 18.2 Å². The Bertz CT molecular complexity index is 433. The van der Waals surface area contributed by atoms with Crippen molar-refractivity contribution in [1.82, 2.24) is 5.32 Å². The molecule has 100 valence electrons. The molecule has 1 aromatic carbocycles. The molecule has 0 aliphatic rings. The zero-order chi connectivity index (χ0) is 13.8. The third-order valence-corrected chi connectivity index (χ3v) is 2.83. The van der Waals surface area contributed by atoms with Crippen LogP contribution in [0.25, 0.3) is 0 Å². The zero-order valence-electron chi connectivity index (χ0n) is 11.1. The Labute approximate surface area is 113 Å². The van der Waals surface area contributed by atoms with Gasteiger partial charge in [0.1, 0.15) is 5.75 Å². The van der Waals surface area contributed by atoms with Crippen LogP contribution < -0.4 is 15.4 Å². The van der Waals surface area contributed by atoms with Gasteiger partial charge in [-0.25, -0.2) is 0 Å². The van der Waals surface area contributed by atoms with Gasteiger partial charge in [-0.3, -0.25) is 4.79 Å². The van der Waals surface area contributed by atoms with Crippen molar-refractivity contribution < 1.29 is 9.53 Å². The molecule has 4 nitrogen and oxygen atoms in total. The predicted molar refractivity (Wildman–Crippen MR) is 74.4 cm³/mol. The summed E-state index contributed by atoms with van der Waals surface area (Å²) in [6.07, 6.45) is 0. The first-order valence-corrected chi connectivity index (χ1v) is 6.18. The first-order valence-electron chi connectivity index (χ1n) is 5.80. The van der Waals surface area contributed by atoms with Gasteiger partial charge in [-0.2, -0.15) is 0 Å². The second-order valence-corrected chi connectivity index (χ2v) is 4.89. The van der Waals surface area contributed by atoms with Crippen LogP contribution in [-0.4, -0.2) is 25.1 Å². The fraction of sp³-hybridized carbons (Fsp3) is 0.462. The van der Waals surface area contributed by atoms with Crippen LogP contribution in [-0.2, 0) is 4.79 Å². The topological polar surface area (TPSA) is 50.4 Å². The molecule has 0 radical (unpaired) electrons. The third-order valence-electron chi connectivity index (χ3n) is 2.60. The van der Waals surface area contributed by atoms with Crippen molar-refractivity contribution in [3.8, 4) is 5.75 Å². The average molecular weight is 271 g/mol. The summed E-state index contributed by atoms with van der Waals surface area (Å²) in [5.41, 5.74) is -0.0804. The molecule has 0 atom stereocenters. The maximum absolute atomic E-state index is 12.1. The lowest BCUT2D eigenvalue weighted by molar-refractivity contribution is -0.121. The van der Waals surface area contributed by atoms with E-state index in [1.165, 1.54) is 0 Å². The summed E-state index contributed by atoms with van der Waals surface area (Å²) < 4.78 is 5.18. The number of likely N-dealkylation sites (N-methyl/N-ethyl adjacent to an activating group) is 1. The van der Waals surface area contributed by atoms with E-state index < -0.39 is 5.54 Å². The van der Waals surface area contributed by atoms with Crippen LogP contribution in [0.5, 0.6) is 5.75 Å². The van der Waals surface area contributed by atoms with Crippen molar-refractivity contribution in [3.05, 3.63) is 23.2 Å². The number of benzene rings is 1. The lowest BCUT2D eigenvalue weighted by Crippen LogP contribution is -2.49. The van der Waals surface area contributed by atoms with Crippen LogP contribution in [0.1, 0.15) is 20.8 Å². The summed E-state index contributed by atoms with van der Waals surface area (Å²) in [6.45, 7) is 6.31. The SMILES string of the molecule is CCNC(C)(C)C(=O)Nc1cc(Cl)ccc1OC. The van der Waals surface area contributed by atoms with E-state index in [9.17, 15) is 4.79 Å². The van der Waals surface area contributed by atoms with Gasteiger partial charge in [0.05, 0.1) is 18.3 Å². The largest absolute Gasteiger partial charge is 0.495 e. The van der Waals surface area contributed by atoms with Crippen LogP contribution >= 0.6 is 11.6 Å². The highest BCUT2D eigenvalue weighted by Gasteiger charge is 2.26. The van der Waals surface area contributed by atoms with Gasteiger partial charge in [0.25, 0.3) is 0 Å². The molecule has 0 bridgehead atoms. The number of amides is 1. The number of hydrogen-bond acceptors (Lipinski definition) is 3.